The Labute approximate surface area is 196 Å². The molecule has 1 amide bonds. The molecule has 1 aliphatic rings. The van der Waals surface area contributed by atoms with Crippen molar-refractivity contribution in [3.05, 3.63) is 94.3 Å². The summed E-state index contributed by atoms with van der Waals surface area (Å²) < 4.78 is 24.9. The molecule has 6 nitrogen and oxygen atoms in total. The van der Waals surface area contributed by atoms with Gasteiger partial charge >= 0.3 is 0 Å². The number of aliphatic hydroxyl groups excluding tert-OH is 1. The van der Waals surface area contributed by atoms with E-state index in [1.54, 1.807) is 24.3 Å². The SMILES string of the molecule is COc1ccc(F)cc1/C(O)=C1\C(=O)C(=O)N(c2cc(C)ccc2C)C1c1ccccc1OC. The molecule has 0 aliphatic carbocycles. The van der Waals surface area contributed by atoms with Crippen LogP contribution in [0.15, 0.2) is 66.2 Å². The molecular weight excluding hydrogens is 437 g/mol. The van der Waals surface area contributed by atoms with Gasteiger partial charge in [0.2, 0.25) is 0 Å². The Hall–Kier alpha value is -4.13. The number of aryl methyl sites for hydroxylation is 2. The summed E-state index contributed by atoms with van der Waals surface area (Å²) in [5, 5.41) is 11.3. The van der Waals surface area contributed by atoms with Crippen molar-refractivity contribution in [3.63, 3.8) is 0 Å². The number of methoxy groups -OCH3 is 2. The smallest absolute Gasteiger partial charge is 0.300 e. The summed E-state index contributed by atoms with van der Waals surface area (Å²) in [5.74, 6) is -2.25. The molecular formula is C27H24FNO5. The fraction of sp³-hybridized carbons (Fsp3) is 0.185. The number of hydrogen-bond acceptors (Lipinski definition) is 5. The number of rotatable bonds is 5. The summed E-state index contributed by atoms with van der Waals surface area (Å²) in [4.78, 5) is 28.1. The Kier molecular flexibility index (Phi) is 6.11. The van der Waals surface area contributed by atoms with Gasteiger partial charge in [0.1, 0.15) is 23.1 Å². The minimum absolute atomic E-state index is 0.0265. The zero-order valence-electron chi connectivity index (χ0n) is 19.3. The lowest BCUT2D eigenvalue weighted by atomic mass is 9.94. The number of Topliss-reactive ketones (excluding diaryl/α,β-unsaturated/α-hetero) is 1. The van der Waals surface area contributed by atoms with Crippen molar-refractivity contribution in [2.45, 2.75) is 19.9 Å². The summed E-state index contributed by atoms with van der Waals surface area (Å²) in [6.45, 7) is 3.72. The molecule has 4 rings (SSSR count). The normalized spacial score (nSPS) is 17.2. The Morgan fingerprint density at radius 2 is 1.65 bits per heavy atom. The van der Waals surface area contributed by atoms with Crippen LogP contribution in [-0.4, -0.2) is 31.0 Å². The second-order valence-corrected chi connectivity index (χ2v) is 8.05. The summed E-state index contributed by atoms with van der Waals surface area (Å²) in [6.07, 6.45) is 0. The standard InChI is InChI=1S/C27H24FNO5/c1-15-9-10-16(2)20(13-15)29-24(18-7-5-6-8-21(18)33-3)23(26(31)27(29)32)25(30)19-14-17(28)11-12-22(19)34-4/h5-14,24,30H,1-4H3/b25-23+. The highest BCUT2D eigenvalue weighted by atomic mass is 19.1. The molecule has 0 aromatic heterocycles. The number of para-hydroxylation sites is 1. The Morgan fingerprint density at radius 1 is 0.941 bits per heavy atom. The van der Waals surface area contributed by atoms with E-state index in [1.165, 1.54) is 31.3 Å². The first kappa shape index (κ1) is 23.0. The molecule has 3 aromatic carbocycles. The van der Waals surface area contributed by atoms with E-state index in [0.717, 1.165) is 17.2 Å². The molecule has 7 heteroatoms. The van der Waals surface area contributed by atoms with Crippen molar-refractivity contribution in [2.75, 3.05) is 19.1 Å². The van der Waals surface area contributed by atoms with Crippen LogP contribution in [0.25, 0.3) is 5.76 Å². The minimum atomic E-state index is -1.01. The number of carbonyl (C=O) groups is 2. The van der Waals surface area contributed by atoms with Gasteiger partial charge in [-0.3, -0.25) is 14.5 Å². The minimum Gasteiger partial charge on any atom is -0.507 e. The summed E-state index contributed by atoms with van der Waals surface area (Å²) in [5.41, 5.74) is 2.50. The molecule has 1 N–H and O–H groups in total. The third kappa shape index (κ3) is 3.79. The highest BCUT2D eigenvalue weighted by Crippen LogP contribution is 2.46. The van der Waals surface area contributed by atoms with Crippen molar-refractivity contribution < 1.29 is 28.6 Å². The zero-order chi connectivity index (χ0) is 24.6. The van der Waals surface area contributed by atoms with Gasteiger partial charge in [-0.05, 0) is 55.3 Å². The number of amides is 1. The molecule has 1 atom stereocenters. The van der Waals surface area contributed by atoms with Gasteiger partial charge in [-0.25, -0.2) is 4.39 Å². The highest BCUT2D eigenvalue weighted by Gasteiger charge is 2.48. The molecule has 0 saturated carbocycles. The fourth-order valence-corrected chi connectivity index (χ4v) is 4.26. The lowest BCUT2D eigenvalue weighted by Crippen LogP contribution is -2.30. The van der Waals surface area contributed by atoms with Crippen LogP contribution in [0.5, 0.6) is 11.5 Å². The van der Waals surface area contributed by atoms with E-state index in [2.05, 4.69) is 0 Å². The molecule has 0 bridgehead atoms. The van der Waals surface area contributed by atoms with E-state index in [-0.39, 0.29) is 16.9 Å². The number of hydrogen-bond donors (Lipinski definition) is 1. The lowest BCUT2D eigenvalue weighted by Gasteiger charge is -2.28. The Balaban J connectivity index is 2.06. The number of nitrogens with zero attached hydrogens (tertiary/aromatic N) is 1. The second-order valence-electron chi connectivity index (χ2n) is 8.05. The molecule has 34 heavy (non-hydrogen) atoms. The van der Waals surface area contributed by atoms with E-state index in [0.29, 0.717) is 17.0 Å². The first-order valence-corrected chi connectivity index (χ1v) is 10.6. The van der Waals surface area contributed by atoms with Gasteiger partial charge in [-0.1, -0.05) is 30.3 Å². The number of halogens is 1. The Bertz CT molecular complexity index is 1330. The predicted molar refractivity (Wildman–Crippen MR) is 127 cm³/mol. The van der Waals surface area contributed by atoms with Crippen molar-refractivity contribution in [1.82, 2.24) is 0 Å². The van der Waals surface area contributed by atoms with Gasteiger partial charge in [-0.15, -0.1) is 0 Å². The summed E-state index contributed by atoms with van der Waals surface area (Å²) in [6, 6.07) is 15.1. The first-order chi connectivity index (χ1) is 16.3. The number of anilines is 1. The van der Waals surface area contributed by atoms with Crippen molar-refractivity contribution in [1.29, 1.82) is 0 Å². The number of aliphatic hydroxyl groups is 1. The molecule has 1 unspecified atom stereocenters. The van der Waals surface area contributed by atoms with Crippen LogP contribution >= 0.6 is 0 Å². The summed E-state index contributed by atoms with van der Waals surface area (Å²) >= 11 is 0. The zero-order valence-corrected chi connectivity index (χ0v) is 19.3. The van der Waals surface area contributed by atoms with Gasteiger partial charge in [0.25, 0.3) is 11.7 Å². The molecule has 0 spiro atoms. The van der Waals surface area contributed by atoms with Crippen LogP contribution in [0.4, 0.5) is 10.1 Å². The van der Waals surface area contributed by atoms with Gasteiger partial charge in [0.05, 0.1) is 31.4 Å². The van der Waals surface area contributed by atoms with Gasteiger partial charge in [0, 0.05) is 11.3 Å². The second kappa shape index (κ2) is 9.02. The van der Waals surface area contributed by atoms with Crippen LogP contribution in [0, 0.1) is 19.7 Å². The van der Waals surface area contributed by atoms with E-state index >= 15 is 0 Å². The van der Waals surface area contributed by atoms with Crippen molar-refractivity contribution in [2.24, 2.45) is 0 Å². The molecule has 174 valence electrons. The molecule has 1 aliphatic heterocycles. The predicted octanol–water partition coefficient (Wildman–Crippen LogP) is 5.09. The average molecular weight is 461 g/mol. The monoisotopic (exact) mass is 461 g/mol. The molecule has 3 aromatic rings. The van der Waals surface area contributed by atoms with E-state index in [1.807, 2.05) is 32.0 Å². The van der Waals surface area contributed by atoms with Crippen LogP contribution in [0.3, 0.4) is 0 Å². The van der Waals surface area contributed by atoms with Crippen LogP contribution in [-0.2, 0) is 9.59 Å². The van der Waals surface area contributed by atoms with Gasteiger partial charge in [-0.2, -0.15) is 0 Å². The number of carbonyl (C=O) groups excluding carboxylic acids is 2. The first-order valence-electron chi connectivity index (χ1n) is 10.6. The van der Waals surface area contributed by atoms with Crippen molar-refractivity contribution in [3.8, 4) is 11.5 Å². The van der Waals surface area contributed by atoms with Gasteiger partial charge in [0.15, 0.2) is 0 Å². The van der Waals surface area contributed by atoms with Crippen LogP contribution in [0.2, 0.25) is 0 Å². The molecule has 0 radical (unpaired) electrons. The van der Waals surface area contributed by atoms with E-state index < -0.39 is 29.3 Å². The maximum absolute atomic E-state index is 14.1. The van der Waals surface area contributed by atoms with E-state index in [4.69, 9.17) is 9.47 Å². The highest BCUT2D eigenvalue weighted by molar-refractivity contribution is 6.52. The molecule has 1 fully saturated rings. The maximum Gasteiger partial charge on any atom is 0.300 e. The van der Waals surface area contributed by atoms with Crippen LogP contribution < -0.4 is 14.4 Å². The maximum atomic E-state index is 14.1. The Morgan fingerprint density at radius 3 is 2.35 bits per heavy atom. The molecule has 1 heterocycles. The number of benzene rings is 3. The average Bonchev–Trinajstić information content (AvgIpc) is 3.10. The topological polar surface area (TPSA) is 76.1 Å². The summed E-state index contributed by atoms with van der Waals surface area (Å²) in [7, 11) is 2.86. The largest absolute Gasteiger partial charge is 0.507 e. The van der Waals surface area contributed by atoms with Crippen molar-refractivity contribution >= 4 is 23.1 Å². The van der Waals surface area contributed by atoms with Gasteiger partial charge < -0.3 is 14.6 Å². The quantitative estimate of drug-likeness (QED) is 0.326. The number of ether oxygens (including phenoxy) is 2. The molecule has 1 saturated heterocycles. The third-order valence-corrected chi connectivity index (χ3v) is 5.92. The van der Waals surface area contributed by atoms with E-state index in [9.17, 15) is 19.1 Å². The third-order valence-electron chi connectivity index (χ3n) is 5.92. The fourth-order valence-electron chi connectivity index (χ4n) is 4.26. The lowest BCUT2D eigenvalue weighted by molar-refractivity contribution is -0.132. The number of ketones is 1. The van der Waals surface area contributed by atoms with Crippen LogP contribution in [0.1, 0.15) is 28.3 Å².